The maximum Gasteiger partial charge on any atom is 0.165 e. The Kier molecular flexibility index (Phi) is 4.07. The number of nitrogen functional groups attached to an aromatic ring is 1. The van der Waals surface area contributed by atoms with Gasteiger partial charge in [0.05, 0.1) is 17.5 Å². The average molecular weight is 398 g/mol. The van der Waals surface area contributed by atoms with E-state index in [1.54, 1.807) is 15.9 Å². The normalized spacial score (nSPS) is 25.1. The Morgan fingerprint density at radius 3 is 2.75 bits per heavy atom. The van der Waals surface area contributed by atoms with E-state index >= 15 is 0 Å². The van der Waals surface area contributed by atoms with E-state index in [1.807, 2.05) is 35.7 Å². The highest BCUT2D eigenvalue weighted by Crippen LogP contribution is 2.40. The first kappa shape index (κ1) is 17.5. The smallest absolute Gasteiger partial charge is 0.165 e. The van der Waals surface area contributed by atoms with Gasteiger partial charge in [-0.1, -0.05) is 12.1 Å². The number of benzene rings is 1. The summed E-state index contributed by atoms with van der Waals surface area (Å²) in [6, 6.07) is 9.94. The molecule has 0 spiro atoms. The number of hydrogen-bond acceptors (Lipinski definition) is 8. The van der Waals surface area contributed by atoms with E-state index in [4.69, 9.17) is 10.5 Å². The lowest BCUT2D eigenvalue weighted by Crippen LogP contribution is -2.33. The zero-order valence-electron chi connectivity index (χ0n) is 14.6. The fraction of sp³-hybridized carbons (Fsp3) is 0.263. The molecule has 28 heavy (non-hydrogen) atoms. The molecule has 1 saturated heterocycles. The second-order valence-corrected chi connectivity index (χ2v) is 7.71. The second-order valence-electron chi connectivity index (χ2n) is 6.77. The van der Waals surface area contributed by atoms with Crippen molar-refractivity contribution < 1.29 is 20.1 Å². The lowest BCUT2D eigenvalue weighted by atomic mass is 10.1. The molecule has 8 nitrogen and oxygen atoms in total. The Labute approximate surface area is 163 Å². The Morgan fingerprint density at radius 1 is 1.18 bits per heavy atom. The molecule has 3 aromatic heterocycles. The number of rotatable bonds is 3. The number of hydrogen-bond donors (Lipinski definition) is 4. The summed E-state index contributed by atoms with van der Waals surface area (Å²) >= 11 is 1.64. The summed E-state index contributed by atoms with van der Waals surface area (Å²) in [7, 11) is 0. The largest absolute Gasteiger partial charge is 0.394 e. The van der Waals surface area contributed by atoms with E-state index in [0.717, 1.165) is 21.3 Å². The Balaban J connectivity index is 1.78. The van der Waals surface area contributed by atoms with Crippen LogP contribution in [0.1, 0.15) is 6.23 Å². The first-order valence-corrected chi connectivity index (χ1v) is 9.68. The number of thiophene rings is 1. The SMILES string of the molecule is Nc1ncnc2c1c1cc(-c3cccs3)ccc1n2[C@@H]1O[C@H](CO)[C@@H](O)[C@H]1O. The van der Waals surface area contributed by atoms with Gasteiger partial charge in [0.2, 0.25) is 0 Å². The van der Waals surface area contributed by atoms with Crippen molar-refractivity contribution in [1.82, 2.24) is 14.5 Å². The van der Waals surface area contributed by atoms with Gasteiger partial charge in [0, 0.05) is 10.3 Å². The molecule has 4 heterocycles. The molecule has 0 unspecified atom stereocenters. The van der Waals surface area contributed by atoms with Gasteiger partial charge in [-0.05, 0) is 29.1 Å². The first-order valence-electron chi connectivity index (χ1n) is 8.80. The van der Waals surface area contributed by atoms with Crippen LogP contribution in [0.25, 0.3) is 32.4 Å². The molecule has 0 amide bonds. The van der Waals surface area contributed by atoms with E-state index in [0.29, 0.717) is 16.9 Å². The van der Waals surface area contributed by atoms with Crippen molar-refractivity contribution in [1.29, 1.82) is 0 Å². The highest BCUT2D eigenvalue weighted by atomic mass is 32.1. The molecular weight excluding hydrogens is 380 g/mol. The molecule has 0 aliphatic carbocycles. The second kappa shape index (κ2) is 6.50. The van der Waals surface area contributed by atoms with Gasteiger partial charge >= 0.3 is 0 Å². The molecule has 1 aliphatic heterocycles. The number of aliphatic hydroxyl groups excluding tert-OH is 3. The third kappa shape index (κ3) is 2.45. The van der Waals surface area contributed by atoms with Gasteiger partial charge in [-0.2, -0.15) is 0 Å². The molecule has 0 bridgehead atoms. The minimum atomic E-state index is -1.22. The number of ether oxygens (including phenoxy) is 1. The zero-order valence-corrected chi connectivity index (χ0v) is 15.5. The number of aliphatic hydroxyl groups is 3. The summed E-state index contributed by atoms with van der Waals surface area (Å²) in [6.45, 7) is -0.397. The molecule has 4 atom stereocenters. The highest BCUT2D eigenvalue weighted by molar-refractivity contribution is 7.13. The average Bonchev–Trinajstić information content (AvgIpc) is 3.40. The zero-order chi connectivity index (χ0) is 19.4. The molecule has 0 radical (unpaired) electrons. The third-order valence-electron chi connectivity index (χ3n) is 5.19. The van der Waals surface area contributed by atoms with Gasteiger partial charge in [0.25, 0.3) is 0 Å². The molecule has 144 valence electrons. The number of fused-ring (bicyclic) bond motifs is 3. The number of aromatic nitrogens is 3. The first-order chi connectivity index (χ1) is 13.6. The van der Waals surface area contributed by atoms with Crippen molar-refractivity contribution in [2.45, 2.75) is 24.5 Å². The Morgan fingerprint density at radius 2 is 2.04 bits per heavy atom. The molecule has 4 aromatic rings. The monoisotopic (exact) mass is 398 g/mol. The number of anilines is 1. The van der Waals surface area contributed by atoms with Crippen molar-refractivity contribution >= 4 is 39.1 Å². The predicted octanol–water partition coefficient (Wildman–Crippen LogP) is 1.51. The van der Waals surface area contributed by atoms with Crippen LogP contribution >= 0.6 is 11.3 Å². The topological polar surface area (TPSA) is 127 Å². The van der Waals surface area contributed by atoms with E-state index in [2.05, 4.69) is 9.97 Å². The van der Waals surface area contributed by atoms with Crippen molar-refractivity contribution in [3.05, 3.63) is 42.0 Å². The maximum atomic E-state index is 10.5. The van der Waals surface area contributed by atoms with Gasteiger partial charge in [0.15, 0.2) is 6.23 Å². The molecule has 9 heteroatoms. The van der Waals surface area contributed by atoms with Crippen molar-refractivity contribution in [3.8, 4) is 10.4 Å². The number of nitrogens with zero attached hydrogens (tertiary/aromatic N) is 3. The molecule has 0 saturated carbocycles. The fourth-order valence-electron chi connectivity index (χ4n) is 3.84. The number of nitrogens with two attached hydrogens (primary N) is 1. The molecule has 1 fully saturated rings. The summed E-state index contributed by atoms with van der Waals surface area (Å²) in [6.07, 6.45) is -2.85. The van der Waals surface area contributed by atoms with E-state index < -0.39 is 31.1 Å². The fourth-order valence-corrected chi connectivity index (χ4v) is 4.56. The van der Waals surface area contributed by atoms with Gasteiger partial charge < -0.3 is 25.8 Å². The maximum absolute atomic E-state index is 10.5. The Hall–Kier alpha value is -2.56. The standard InChI is InChI=1S/C19H18N4O4S/c20-17-14-10-6-9(13-2-1-5-28-13)3-4-11(10)23(18(14)22-8-21-17)19-16(26)15(25)12(7-24)27-19/h1-6,8,12,15-16,19,24-26H,7H2,(H2,20,21,22)/t12-,15-,16-,19-/m1/s1. The summed E-state index contributed by atoms with van der Waals surface area (Å²) in [5.74, 6) is 0.323. The summed E-state index contributed by atoms with van der Waals surface area (Å²) in [5, 5.41) is 33.7. The minimum absolute atomic E-state index is 0.323. The van der Waals surface area contributed by atoms with E-state index in [9.17, 15) is 15.3 Å². The van der Waals surface area contributed by atoms with Crippen LogP contribution in [-0.2, 0) is 4.74 Å². The third-order valence-corrected chi connectivity index (χ3v) is 6.11. The van der Waals surface area contributed by atoms with Gasteiger partial charge in [-0.15, -0.1) is 11.3 Å². The van der Waals surface area contributed by atoms with E-state index in [1.165, 1.54) is 6.33 Å². The summed E-state index contributed by atoms with van der Waals surface area (Å²) < 4.78 is 7.46. The van der Waals surface area contributed by atoms with Gasteiger partial charge in [-0.25, -0.2) is 9.97 Å². The lowest BCUT2D eigenvalue weighted by molar-refractivity contribution is -0.0489. The van der Waals surface area contributed by atoms with Gasteiger partial charge in [-0.3, -0.25) is 4.57 Å². The quantitative estimate of drug-likeness (QED) is 0.412. The van der Waals surface area contributed by atoms with Crippen molar-refractivity contribution in [3.63, 3.8) is 0 Å². The van der Waals surface area contributed by atoms with Crippen LogP contribution in [0.2, 0.25) is 0 Å². The van der Waals surface area contributed by atoms with Crippen molar-refractivity contribution in [2.24, 2.45) is 0 Å². The van der Waals surface area contributed by atoms with Crippen LogP contribution in [0.5, 0.6) is 0 Å². The highest BCUT2D eigenvalue weighted by Gasteiger charge is 2.44. The predicted molar refractivity (Wildman–Crippen MR) is 106 cm³/mol. The van der Waals surface area contributed by atoms with Crippen LogP contribution in [0.15, 0.2) is 42.0 Å². The Bertz CT molecular complexity index is 1160. The molecule has 1 aliphatic rings. The van der Waals surface area contributed by atoms with E-state index in [-0.39, 0.29) is 0 Å². The molecule has 5 rings (SSSR count). The van der Waals surface area contributed by atoms with Crippen LogP contribution in [0.4, 0.5) is 5.82 Å². The van der Waals surface area contributed by atoms with Gasteiger partial charge in [0.1, 0.15) is 36.1 Å². The van der Waals surface area contributed by atoms with Crippen LogP contribution in [0.3, 0.4) is 0 Å². The molecular formula is C19H18N4O4S. The van der Waals surface area contributed by atoms with Crippen LogP contribution in [0, 0.1) is 0 Å². The van der Waals surface area contributed by atoms with Crippen LogP contribution in [-0.4, -0.2) is 54.8 Å². The molecule has 1 aromatic carbocycles. The minimum Gasteiger partial charge on any atom is -0.394 e. The van der Waals surface area contributed by atoms with Crippen LogP contribution < -0.4 is 5.73 Å². The lowest BCUT2D eigenvalue weighted by Gasteiger charge is -2.18. The summed E-state index contributed by atoms with van der Waals surface area (Å²) in [4.78, 5) is 9.60. The molecule has 5 N–H and O–H groups in total. The summed E-state index contributed by atoms with van der Waals surface area (Å²) in [5.41, 5.74) is 8.45. The van der Waals surface area contributed by atoms with Crippen molar-refractivity contribution in [2.75, 3.05) is 12.3 Å².